The van der Waals surface area contributed by atoms with Crippen molar-refractivity contribution in [3.63, 3.8) is 0 Å². The maximum Gasteiger partial charge on any atom is 0.137 e. The van der Waals surface area contributed by atoms with Gasteiger partial charge in [0.25, 0.3) is 0 Å². The number of benzene rings is 11. The number of nitrogens with zero attached hydrogens (tertiary/aromatic N) is 2. The molecule has 296 valence electrons. The molecule has 1 aliphatic heterocycles. The first-order chi connectivity index (χ1) is 31.2. The van der Waals surface area contributed by atoms with Crippen LogP contribution in [0, 0.1) is 0 Å². The normalized spacial score (nSPS) is 11.6. The van der Waals surface area contributed by atoms with Crippen LogP contribution in [0.1, 0.15) is 0 Å². The fraction of sp³-hybridized carbons (Fsp3) is 0. The number of hydrogen-bond acceptors (Lipinski definition) is 3. The summed E-state index contributed by atoms with van der Waals surface area (Å²) in [6.45, 7) is 0. The fourth-order valence-electron chi connectivity index (χ4n) is 9.38. The summed E-state index contributed by atoms with van der Waals surface area (Å²) in [6.07, 6.45) is 0. The lowest BCUT2D eigenvalue weighted by Gasteiger charge is -2.31. The molecule has 0 radical (unpaired) electrons. The van der Waals surface area contributed by atoms with Gasteiger partial charge in [-0.2, -0.15) is 0 Å². The monoisotopic (exact) mass is 804 g/mol. The van der Waals surface area contributed by atoms with E-state index in [2.05, 4.69) is 252 Å². The quantitative estimate of drug-likeness (QED) is 0.152. The van der Waals surface area contributed by atoms with Crippen molar-refractivity contribution in [2.24, 2.45) is 0 Å². The minimum Gasteiger partial charge on any atom is -0.456 e. The van der Waals surface area contributed by atoms with E-state index in [-0.39, 0.29) is 0 Å². The molecule has 11 aromatic carbocycles. The lowest BCUT2D eigenvalue weighted by Crippen LogP contribution is -2.12. The minimum absolute atomic E-state index is 0.828. The molecule has 0 bridgehead atoms. The van der Waals surface area contributed by atoms with Crippen molar-refractivity contribution in [1.82, 2.24) is 0 Å². The summed E-state index contributed by atoms with van der Waals surface area (Å²) >= 11 is 0. The van der Waals surface area contributed by atoms with Crippen molar-refractivity contribution >= 4 is 66.4 Å². The maximum atomic E-state index is 7.00. The molecule has 0 unspecified atom stereocenters. The van der Waals surface area contributed by atoms with Gasteiger partial charge in [0, 0.05) is 50.5 Å². The smallest absolute Gasteiger partial charge is 0.137 e. The Hall–Kier alpha value is -8.40. The van der Waals surface area contributed by atoms with Crippen molar-refractivity contribution in [2.45, 2.75) is 0 Å². The van der Waals surface area contributed by atoms with Gasteiger partial charge in [-0.25, -0.2) is 0 Å². The first-order valence-corrected chi connectivity index (χ1v) is 21.5. The van der Waals surface area contributed by atoms with E-state index in [1.165, 1.54) is 43.8 Å². The average molecular weight is 805 g/mol. The van der Waals surface area contributed by atoms with Crippen LogP contribution in [0.5, 0.6) is 11.5 Å². The summed E-state index contributed by atoms with van der Waals surface area (Å²) in [4.78, 5) is 4.73. The Morgan fingerprint density at radius 3 is 1.48 bits per heavy atom. The van der Waals surface area contributed by atoms with Crippen LogP contribution < -0.4 is 14.5 Å². The summed E-state index contributed by atoms with van der Waals surface area (Å²) in [5, 5.41) is 7.00. The van der Waals surface area contributed by atoms with E-state index in [4.69, 9.17) is 4.74 Å². The van der Waals surface area contributed by atoms with Crippen LogP contribution in [-0.4, -0.2) is 0 Å². The zero-order chi connectivity index (χ0) is 41.7. The molecule has 3 heteroatoms. The second-order valence-corrected chi connectivity index (χ2v) is 16.1. The second kappa shape index (κ2) is 15.3. The van der Waals surface area contributed by atoms with Gasteiger partial charge in [0.1, 0.15) is 11.5 Å². The molecule has 0 aliphatic carbocycles. The topological polar surface area (TPSA) is 15.7 Å². The minimum atomic E-state index is 0.828. The predicted octanol–water partition coefficient (Wildman–Crippen LogP) is 17.2. The zero-order valence-corrected chi connectivity index (χ0v) is 34.4. The summed E-state index contributed by atoms with van der Waals surface area (Å²) in [6, 6.07) is 87.0. The Balaban J connectivity index is 0.985. The van der Waals surface area contributed by atoms with E-state index >= 15 is 0 Å². The highest BCUT2D eigenvalue weighted by Crippen LogP contribution is 2.52. The van der Waals surface area contributed by atoms with E-state index in [0.29, 0.717) is 0 Å². The van der Waals surface area contributed by atoms with Crippen LogP contribution in [0.25, 0.3) is 65.7 Å². The average Bonchev–Trinajstić information content (AvgIpc) is 3.36. The van der Waals surface area contributed by atoms with E-state index in [1.807, 2.05) is 0 Å². The van der Waals surface area contributed by atoms with Crippen molar-refractivity contribution in [1.29, 1.82) is 0 Å². The van der Waals surface area contributed by atoms with E-state index < -0.39 is 0 Å². The molecule has 1 aliphatic rings. The number of ether oxygens (including phenoxy) is 1. The van der Waals surface area contributed by atoms with Crippen LogP contribution in [0.4, 0.5) is 34.1 Å². The van der Waals surface area contributed by atoms with Crippen LogP contribution in [-0.2, 0) is 0 Å². The molecule has 0 aromatic heterocycles. The molecule has 3 nitrogen and oxygen atoms in total. The number of hydrogen-bond donors (Lipinski definition) is 0. The second-order valence-electron chi connectivity index (χ2n) is 16.1. The summed E-state index contributed by atoms with van der Waals surface area (Å²) in [5.74, 6) is 1.67. The van der Waals surface area contributed by atoms with Crippen LogP contribution in [0.15, 0.2) is 243 Å². The highest BCUT2D eigenvalue weighted by Gasteiger charge is 2.26. The Bertz CT molecular complexity index is 3470. The van der Waals surface area contributed by atoms with Gasteiger partial charge in [0.05, 0.1) is 11.4 Å². The van der Waals surface area contributed by atoms with Crippen LogP contribution in [0.3, 0.4) is 0 Å². The summed E-state index contributed by atoms with van der Waals surface area (Å²) in [7, 11) is 0. The van der Waals surface area contributed by atoms with Gasteiger partial charge in [-0.1, -0.05) is 170 Å². The molecule has 0 spiro atoms. The lowest BCUT2D eigenvalue weighted by atomic mass is 9.93. The van der Waals surface area contributed by atoms with E-state index in [0.717, 1.165) is 67.5 Å². The van der Waals surface area contributed by atoms with Gasteiger partial charge in [0.2, 0.25) is 0 Å². The molecule has 0 saturated carbocycles. The van der Waals surface area contributed by atoms with Crippen LogP contribution >= 0.6 is 0 Å². The molecule has 1 heterocycles. The Morgan fingerprint density at radius 1 is 0.270 bits per heavy atom. The van der Waals surface area contributed by atoms with Crippen molar-refractivity contribution in [2.75, 3.05) is 9.80 Å². The largest absolute Gasteiger partial charge is 0.456 e. The van der Waals surface area contributed by atoms with Crippen LogP contribution in [0.2, 0.25) is 0 Å². The first kappa shape index (κ1) is 36.5. The molecule has 12 rings (SSSR count). The van der Waals surface area contributed by atoms with Gasteiger partial charge in [-0.05, 0) is 111 Å². The molecule has 0 saturated heterocycles. The van der Waals surface area contributed by atoms with Gasteiger partial charge in [-0.15, -0.1) is 0 Å². The molecule has 0 atom stereocenters. The molecule has 0 fully saturated rings. The standard InChI is InChI=1S/C60H40N2O/c1-3-13-41(14-4-1)44-25-30-48(31-26-44)61(50-34-29-43-17-7-8-19-47(43)39-50)57-37-38-58-60-54(22-12-23-55(57)60)53-36-35-51(40-59(53)63-58)62(56-24-11-20-46-18-9-10-21-52(46)56)49-32-27-45(28-33-49)42-15-5-2-6-16-42/h1-40H. The number of fused-ring (bicyclic) bond motifs is 4. The fourth-order valence-corrected chi connectivity index (χ4v) is 9.38. The molecule has 11 aromatic rings. The van der Waals surface area contributed by atoms with Crippen molar-refractivity contribution < 1.29 is 4.74 Å². The lowest BCUT2D eigenvalue weighted by molar-refractivity contribution is 0.487. The van der Waals surface area contributed by atoms with Gasteiger partial charge in [0.15, 0.2) is 0 Å². The molecule has 0 N–H and O–H groups in total. The Labute approximate surface area is 367 Å². The Kier molecular flexibility index (Phi) is 8.83. The van der Waals surface area contributed by atoms with E-state index in [1.54, 1.807) is 0 Å². The first-order valence-electron chi connectivity index (χ1n) is 21.5. The van der Waals surface area contributed by atoms with Gasteiger partial charge < -0.3 is 14.5 Å². The van der Waals surface area contributed by atoms with E-state index in [9.17, 15) is 0 Å². The third-order valence-electron chi connectivity index (χ3n) is 12.4. The number of anilines is 6. The zero-order valence-electron chi connectivity index (χ0n) is 34.4. The Morgan fingerprint density at radius 2 is 0.778 bits per heavy atom. The molecule has 63 heavy (non-hydrogen) atoms. The third-order valence-corrected chi connectivity index (χ3v) is 12.4. The number of rotatable bonds is 8. The highest BCUT2D eigenvalue weighted by molar-refractivity contribution is 6.11. The van der Waals surface area contributed by atoms with Gasteiger partial charge >= 0.3 is 0 Å². The van der Waals surface area contributed by atoms with Crippen molar-refractivity contribution in [3.8, 4) is 44.9 Å². The maximum absolute atomic E-state index is 7.00. The summed E-state index contributed by atoms with van der Waals surface area (Å²) in [5.41, 5.74) is 13.4. The SMILES string of the molecule is c1ccc(-c2ccc(N(c3ccc4c(c3)Oc3ccc(N(c5ccc(-c6ccccc6)cc5)c5ccc6ccccc6c5)c5cccc-4c35)c3cccc4ccccc34)cc2)cc1. The third kappa shape index (κ3) is 6.46. The summed E-state index contributed by atoms with van der Waals surface area (Å²) < 4.78 is 7.00. The highest BCUT2D eigenvalue weighted by atomic mass is 16.5. The molecular weight excluding hydrogens is 765 g/mol. The van der Waals surface area contributed by atoms with Crippen molar-refractivity contribution in [3.05, 3.63) is 243 Å². The molecular formula is C60H40N2O. The molecule has 0 amide bonds. The van der Waals surface area contributed by atoms with Gasteiger partial charge in [-0.3, -0.25) is 0 Å². The predicted molar refractivity (Wildman–Crippen MR) is 265 cm³/mol.